The molecular weight excluding hydrogens is 360 g/mol. The van der Waals surface area contributed by atoms with Crippen molar-refractivity contribution in [3.8, 4) is 17.5 Å². The third-order valence-electron chi connectivity index (χ3n) is 3.54. The Bertz CT molecular complexity index is 868. The van der Waals surface area contributed by atoms with Gasteiger partial charge in [-0.15, -0.1) is 10.2 Å². The molecule has 8 nitrogen and oxygen atoms in total. The van der Waals surface area contributed by atoms with Crippen LogP contribution in [0.3, 0.4) is 0 Å². The van der Waals surface area contributed by atoms with E-state index in [1.165, 1.54) is 20.7 Å². The van der Waals surface area contributed by atoms with Gasteiger partial charge in [0, 0.05) is 30.8 Å². The first-order valence-electron chi connectivity index (χ1n) is 7.76. The van der Waals surface area contributed by atoms with E-state index in [0.29, 0.717) is 41.8 Å². The molecule has 1 heterocycles. The van der Waals surface area contributed by atoms with Gasteiger partial charge >= 0.3 is 0 Å². The number of aromatic nitrogens is 3. The van der Waals surface area contributed by atoms with Crippen LogP contribution in [0.5, 0.6) is 0 Å². The van der Waals surface area contributed by atoms with Crippen LogP contribution >= 0.6 is 11.8 Å². The van der Waals surface area contributed by atoms with E-state index in [2.05, 4.69) is 16.3 Å². The molecule has 0 radical (unpaired) electrons. The van der Waals surface area contributed by atoms with Crippen LogP contribution in [0.25, 0.3) is 11.4 Å². The van der Waals surface area contributed by atoms with E-state index in [1.807, 2.05) is 0 Å². The van der Waals surface area contributed by atoms with Crippen LogP contribution in [0.4, 0.5) is 0 Å². The minimum atomic E-state index is -3.56. The molecule has 10 heteroatoms. The number of nitrogens with two attached hydrogens (primary N) is 1. The Balaban J connectivity index is 2.35. The van der Waals surface area contributed by atoms with Gasteiger partial charge in [-0.05, 0) is 12.1 Å². The van der Waals surface area contributed by atoms with Crippen molar-refractivity contribution < 1.29 is 8.42 Å². The normalized spacial score (nSPS) is 11.6. The zero-order valence-corrected chi connectivity index (χ0v) is 15.7. The molecule has 2 aromatic rings. The quantitative estimate of drug-likeness (QED) is 0.420. The summed E-state index contributed by atoms with van der Waals surface area (Å²) in [5.74, 6) is 6.95. The van der Waals surface area contributed by atoms with Gasteiger partial charge in [0.25, 0.3) is 0 Å². The first-order valence-corrected chi connectivity index (χ1v) is 10.2. The third-order valence-corrected chi connectivity index (χ3v) is 6.54. The number of thioether (sulfide) groups is 1. The summed E-state index contributed by atoms with van der Waals surface area (Å²) >= 11 is 1.32. The Labute approximate surface area is 151 Å². The monoisotopic (exact) mass is 380 g/mol. The largest absolute Gasteiger partial charge is 0.335 e. The van der Waals surface area contributed by atoms with Gasteiger partial charge in [-0.25, -0.2) is 13.1 Å². The Morgan fingerprint density at radius 1 is 1.32 bits per heavy atom. The number of hydrogen-bond acceptors (Lipinski definition) is 7. The smallest absolute Gasteiger partial charge is 0.243 e. The van der Waals surface area contributed by atoms with Crippen LogP contribution in [-0.4, -0.2) is 46.4 Å². The van der Waals surface area contributed by atoms with Gasteiger partial charge in [0.1, 0.15) is 0 Å². The number of benzene rings is 1. The first-order chi connectivity index (χ1) is 12.0. The van der Waals surface area contributed by atoms with E-state index in [-0.39, 0.29) is 4.90 Å². The molecule has 0 aliphatic heterocycles. The van der Waals surface area contributed by atoms with Crippen LogP contribution in [0.2, 0.25) is 0 Å². The van der Waals surface area contributed by atoms with E-state index < -0.39 is 10.0 Å². The predicted molar refractivity (Wildman–Crippen MR) is 96.7 cm³/mol. The highest BCUT2D eigenvalue weighted by Crippen LogP contribution is 2.25. The summed E-state index contributed by atoms with van der Waals surface area (Å²) < 4.78 is 28.0. The second kappa shape index (κ2) is 8.33. The molecule has 0 aliphatic rings. The minimum Gasteiger partial charge on any atom is -0.335 e. The molecule has 0 spiro atoms. The van der Waals surface area contributed by atoms with Gasteiger partial charge in [0.15, 0.2) is 5.82 Å². The molecule has 2 N–H and O–H groups in total. The Morgan fingerprint density at radius 3 is 2.68 bits per heavy atom. The summed E-state index contributed by atoms with van der Waals surface area (Å²) in [6, 6.07) is 8.54. The zero-order valence-electron chi connectivity index (χ0n) is 14.1. The number of rotatable bonds is 8. The fraction of sp³-hybridized carbons (Fsp3) is 0.400. The average Bonchev–Trinajstić information content (AvgIpc) is 2.97. The molecule has 1 aromatic heterocycles. The van der Waals surface area contributed by atoms with Crippen molar-refractivity contribution in [1.82, 2.24) is 19.2 Å². The maximum absolute atomic E-state index is 12.7. The maximum atomic E-state index is 12.7. The Hall–Kier alpha value is -2.09. The Kier molecular flexibility index (Phi) is 6.41. The van der Waals surface area contributed by atoms with Gasteiger partial charge < -0.3 is 5.84 Å². The van der Waals surface area contributed by atoms with Crippen LogP contribution < -0.4 is 5.84 Å². The molecule has 0 amide bonds. The second-order valence-electron chi connectivity index (χ2n) is 5.05. The van der Waals surface area contributed by atoms with Crippen molar-refractivity contribution >= 4 is 21.8 Å². The van der Waals surface area contributed by atoms with Crippen molar-refractivity contribution in [3.63, 3.8) is 0 Å². The van der Waals surface area contributed by atoms with E-state index >= 15 is 0 Å². The topological polar surface area (TPSA) is 118 Å². The van der Waals surface area contributed by atoms with Crippen LogP contribution in [-0.2, 0) is 10.0 Å². The van der Waals surface area contributed by atoms with Gasteiger partial charge in [-0.2, -0.15) is 9.57 Å². The molecule has 2 rings (SSSR count). The first kappa shape index (κ1) is 19.2. The SMILES string of the molecule is CCN(CC)S(=O)(=O)c1cccc(-c2nnc(SCCC#N)n2N)c1. The van der Waals surface area contributed by atoms with Crippen LogP contribution in [0.1, 0.15) is 20.3 Å². The van der Waals surface area contributed by atoms with Crippen molar-refractivity contribution in [1.29, 1.82) is 5.26 Å². The highest BCUT2D eigenvalue weighted by atomic mass is 32.2. The molecule has 0 fully saturated rings. The van der Waals surface area contributed by atoms with Crippen molar-refractivity contribution in [2.24, 2.45) is 0 Å². The van der Waals surface area contributed by atoms with E-state index in [4.69, 9.17) is 11.1 Å². The van der Waals surface area contributed by atoms with Gasteiger partial charge in [0.2, 0.25) is 15.2 Å². The fourth-order valence-corrected chi connectivity index (χ4v) is 4.47. The molecule has 0 bridgehead atoms. The molecule has 134 valence electrons. The standard InChI is InChI=1S/C15H20N6O2S2/c1-3-20(4-2)25(22,23)13-8-5-7-12(11-13)14-18-19-15(21(14)17)24-10-6-9-16/h5,7-8,11H,3-4,6,10,17H2,1-2H3. The minimum absolute atomic E-state index is 0.190. The number of hydrogen-bond donors (Lipinski definition) is 1. The molecular formula is C15H20N6O2S2. The molecule has 0 saturated carbocycles. The number of nitrogen functional groups attached to an aromatic ring is 1. The molecule has 0 atom stereocenters. The summed E-state index contributed by atoms with van der Waals surface area (Å²) in [4.78, 5) is 0.190. The lowest BCUT2D eigenvalue weighted by molar-refractivity contribution is 0.445. The summed E-state index contributed by atoms with van der Waals surface area (Å²) in [6.07, 6.45) is 0.379. The summed E-state index contributed by atoms with van der Waals surface area (Å²) in [5, 5.41) is 17.1. The second-order valence-corrected chi connectivity index (χ2v) is 8.05. The highest BCUT2D eigenvalue weighted by Gasteiger charge is 2.22. The van der Waals surface area contributed by atoms with E-state index in [1.54, 1.807) is 38.1 Å². The summed E-state index contributed by atoms with van der Waals surface area (Å²) in [7, 11) is -3.56. The summed E-state index contributed by atoms with van der Waals surface area (Å²) in [6.45, 7) is 4.39. The van der Waals surface area contributed by atoms with E-state index in [0.717, 1.165) is 0 Å². The lowest BCUT2D eigenvalue weighted by Crippen LogP contribution is -2.30. The molecule has 0 aliphatic carbocycles. The fourth-order valence-electron chi connectivity index (χ4n) is 2.27. The maximum Gasteiger partial charge on any atom is 0.243 e. The van der Waals surface area contributed by atoms with Crippen LogP contribution in [0, 0.1) is 11.3 Å². The molecule has 25 heavy (non-hydrogen) atoms. The van der Waals surface area contributed by atoms with Crippen LogP contribution in [0.15, 0.2) is 34.3 Å². The van der Waals surface area contributed by atoms with Gasteiger partial charge in [0.05, 0.1) is 11.0 Å². The third kappa shape index (κ3) is 4.12. The number of nitrogens with zero attached hydrogens (tertiary/aromatic N) is 5. The zero-order chi connectivity index (χ0) is 18.4. The molecule has 0 unspecified atom stereocenters. The van der Waals surface area contributed by atoms with Crippen molar-refractivity contribution in [3.05, 3.63) is 24.3 Å². The average molecular weight is 380 g/mol. The van der Waals surface area contributed by atoms with Crippen molar-refractivity contribution in [2.75, 3.05) is 24.7 Å². The van der Waals surface area contributed by atoms with Gasteiger partial charge in [-0.1, -0.05) is 37.7 Å². The molecule has 0 saturated heterocycles. The highest BCUT2D eigenvalue weighted by molar-refractivity contribution is 7.99. The molecule has 1 aromatic carbocycles. The van der Waals surface area contributed by atoms with Crippen molar-refractivity contribution in [2.45, 2.75) is 30.3 Å². The van der Waals surface area contributed by atoms with E-state index in [9.17, 15) is 8.42 Å². The summed E-state index contributed by atoms with van der Waals surface area (Å²) in [5.41, 5.74) is 0.565. The lowest BCUT2D eigenvalue weighted by atomic mass is 10.2. The predicted octanol–water partition coefficient (Wildman–Crippen LogP) is 1.70. The van der Waals surface area contributed by atoms with Gasteiger partial charge in [-0.3, -0.25) is 0 Å². The number of nitriles is 1. The number of sulfonamides is 1. The Morgan fingerprint density at radius 2 is 2.04 bits per heavy atom. The lowest BCUT2D eigenvalue weighted by Gasteiger charge is -2.18.